The number of rotatable bonds is 3. The summed E-state index contributed by atoms with van der Waals surface area (Å²) in [6, 6.07) is 1.71. The molecule has 0 aromatic carbocycles. The number of halogens is 1. The number of carbonyl (C=O) groups is 1. The molecule has 98 valence electrons. The van der Waals surface area contributed by atoms with Crippen LogP contribution in [-0.4, -0.2) is 26.0 Å². The molecular weight excluding hydrogens is 264 g/mol. The number of nitrogens with zero attached hydrogens (tertiary/aromatic N) is 4. The Morgan fingerprint density at radius 2 is 2.16 bits per heavy atom. The van der Waals surface area contributed by atoms with Crippen molar-refractivity contribution >= 4 is 17.9 Å². The Hall–Kier alpha value is -1.75. The third-order valence-electron chi connectivity index (χ3n) is 3.53. The lowest BCUT2D eigenvalue weighted by atomic mass is 10.0. The Bertz CT molecular complexity index is 590. The Balaban J connectivity index is 2.09. The second kappa shape index (κ2) is 5.09. The van der Waals surface area contributed by atoms with E-state index in [9.17, 15) is 4.79 Å². The Labute approximate surface area is 115 Å². The van der Waals surface area contributed by atoms with Gasteiger partial charge in [0.25, 0.3) is 0 Å². The SMILES string of the molecule is O=Cc1c(C2CCCC2)nn(-c2ccncn2)c1Cl. The van der Waals surface area contributed by atoms with Gasteiger partial charge in [0.05, 0.1) is 11.3 Å². The number of aromatic nitrogens is 4. The first-order valence-electron chi connectivity index (χ1n) is 6.31. The van der Waals surface area contributed by atoms with Crippen molar-refractivity contribution in [3.63, 3.8) is 0 Å². The van der Waals surface area contributed by atoms with Crippen LogP contribution in [0.25, 0.3) is 5.82 Å². The minimum absolute atomic E-state index is 0.329. The van der Waals surface area contributed by atoms with Gasteiger partial charge in [0.2, 0.25) is 0 Å². The van der Waals surface area contributed by atoms with E-state index in [0.717, 1.165) is 24.8 Å². The van der Waals surface area contributed by atoms with Gasteiger partial charge in [0.15, 0.2) is 12.1 Å². The molecule has 1 saturated carbocycles. The summed E-state index contributed by atoms with van der Waals surface area (Å²) in [5.74, 6) is 0.910. The molecule has 1 fully saturated rings. The zero-order valence-corrected chi connectivity index (χ0v) is 11.0. The first-order chi connectivity index (χ1) is 9.31. The van der Waals surface area contributed by atoms with Crippen molar-refractivity contribution in [1.29, 1.82) is 0 Å². The molecule has 2 aromatic heterocycles. The number of hydrogen-bond acceptors (Lipinski definition) is 4. The summed E-state index contributed by atoms with van der Waals surface area (Å²) < 4.78 is 1.51. The van der Waals surface area contributed by atoms with Crippen LogP contribution in [0.5, 0.6) is 0 Å². The van der Waals surface area contributed by atoms with Gasteiger partial charge in [0, 0.05) is 18.2 Å². The summed E-state index contributed by atoms with van der Waals surface area (Å²) in [6.45, 7) is 0. The summed E-state index contributed by atoms with van der Waals surface area (Å²) in [5, 5.41) is 4.83. The Kier molecular flexibility index (Phi) is 3.29. The fourth-order valence-electron chi connectivity index (χ4n) is 2.60. The average Bonchev–Trinajstić information content (AvgIpc) is 3.07. The van der Waals surface area contributed by atoms with Gasteiger partial charge in [-0.1, -0.05) is 24.4 Å². The molecule has 0 saturated heterocycles. The fourth-order valence-corrected chi connectivity index (χ4v) is 2.86. The largest absolute Gasteiger partial charge is 0.298 e. The third-order valence-corrected chi connectivity index (χ3v) is 3.90. The molecule has 1 aliphatic carbocycles. The van der Waals surface area contributed by atoms with E-state index in [4.69, 9.17) is 11.6 Å². The quantitative estimate of drug-likeness (QED) is 0.809. The van der Waals surface area contributed by atoms with E-state index in [1.807, 2.05) is 0 Å². The molecule has 0 unspecified atom stereocenters. The van der Waals surface area contributed by atoms with Gasteiger partial charge >= 0.3 is 0 Å². The molecule has 5 nitrogen and oxygen atoms in total. The molecule has 2 heterocycles. The highest BCUT2D eigenvalue weighted by Gasteiger charge is 2.26. The minimum atomic E-state index is 0.329. The smallest absolute Gasteiger partial charge is 0.158 e. The minimum Gasteiger partial charge on any atom is -0.298 e. The molecule has 0 bridgehead atoms. The maximum absolute atomic E-state index is 11.3. The molecule has 3 rings (SSSR count). The topological polar surface area (TPSA) is 60.7 Å². The van der Waals surface area contributed by atoms with Gasteiger partial charge in [0.1, 0.15) is 11.5 Å². The van der Waals surface area contributed by atoms with Crippen LogP contribution in [-0.2, 0) is 0 Å². The first-order valence-corrected chi connectivity index (χ1v) is 6.69. The van der Waals surface area contributed by atoms with Crippen molar-refractivity contribution in [2.24, 2.45) is 0 Å². The van der Waals surface area contributed by atoms with Crippen LogP contribution in [0.4, 0.5) is 0 Å². The van der Waals surface area contributed by atoms with Gasteiger partial charge in [-0.15, -0.1) is 0 Å². The van der Waals surface area contributed by atoms with Crippen LogP contribution in [0.3, 0.4) is 0 Å². The molecular formula is C13H13ClN4O. The number of aldehydes is 1. The zero-order valence-electron chi connectivity index (χ0n) is 10.3. The highest BCUT2D eigenvalue weighted by molar-refractivity contribution is 6.32. The van der Waals surface area contributed by atoms with Gasteiger partial charge < -0.3 is 0 Å². The van der Waals surface area contributed by atoms with Crippen molar-refractivity contribution in [2.45, 2.75) is 31.6 Å². The highest BCUT2D eigenvalue weighted by atomic mass is 35.5. The molecule has 0 radical (unpaired) electrons. The summed E-state index contributed by atoms with van der Waals surface area (Å²) in [6.07, 6.45) is 8.35. The lowest BCUT2D eigenvalue weighted by molar-refractivity contribution is 0.112. The predicted molar refractivity (Wildman–Crippen MR) is 70.8 cm³/mol. The van der Waals surface area contributed by atoms with Crippen LogP contribution >= 0.6 is 11.6 Å². The Morgan fingerprint density at radius 3 is 2.79 bits per heavy atom. The molecule has 0 N–H and O–H groups in total. The highest BCUT2D eigenvalue weighted by Crippen LogP contribution is 2.37. The van der Waals surface area contributed by atoms with Crippen LogP contribution in [0.2, 0.25) is 5.15 Å². The lowest BCUT2D eigenvalue weighted by Crippen LogP contribution is -2.01. The molecule has 6 heteroatoms. The third kappa shape index (κ3) is 2.14. The molecule has 0 spiro atoms. The molecule has 19 heavy (non-hydrogen) atoms. The summed E-state index contributed by atoms with van der Waals surface area (Å²) in [5.41, 5.74) is 1.29. The van der Waals surface area contributed by atoms with E-state index in [1.54, 1.807) is 12.3 Å². The van der Waals surface area contributed by atoms with Crippen molar-refractivity contribution < 1.29 is 4.79 Å². The average molecular weight is 277 g/mol. The van der Waals surface area contributed by atoms with Gasteiger partial charge in [-0.2, -0.15) is 5.10 Å². The van der Waals surface area contributed by atoms with Crippen LogP contribution in [0.15, 0.2) is 18.6 Å². The van der Waals surface area contributed by atoms with E-state index >= 15 is 0 Å². The van der Waals surface area contributed by atoms with Gasteiger partial charge in [-0.3, -0.25) is 4.79 Å². The van der Waals surface area contributed by atoms with E-state index in [1.165, 1.54) is 23.9 Å². The molecule has 0 amide bonds. The predicted octanol–water partition coefficient (Wildman–Crippen LogP) is 2.79. The number of carbonyl (C=O) groups excluding carboxylic acids is 1. The lowest BCUT2D eigenvalue weighted by Gasteiger charge is -2.05. The number of hydrogen-bond donors (Lipinski definition) is 0. The molecule has 0 aliphatic heterocycles. The summed E-state index contributed by atoms with van der Waals surface area (Å²) in [7, 11) is 0. The molecule has 0 atom stereocenters. The normalized spacial score (nSPS) is 15.8. The maximum atomic E-state index is 11.3. The molecule has 1 aliphatic rings. The van der Waals surface area contributed by atoms with Crippen molar-refractivity contribution in [2.75, 3.05) is 0 Å². The van der Waals surface area contributed by atoms with E-state index in [2.05, 4.69) is 15.1 Å². The second-order valence-electron chi connectivity index (χ2n) is 4.67. The van der Waals surface area contributed by atoms with Crippen molar-refractivity contribution in [3.8, 4) is 5.82 Å². The van der Waals surface area contributed by atoms with Crippen LogP contribution in [0.1, 0.15) is 47.7 Å². The van der Waals surface area contributed by atoms with Crippen LogP contribution < -0.4 is 0 Å². The standard InChI is InChI=1S/C13H13ClN4O/c14-13-10(7-19)12(9-3-1-2-4-9)17-18(13)11-5-6-15-8-16-11/h5-9H,1-4H2. The second-order valence-corrected chi connectivity index (χ2v) is 5.03. The summed E-state index contributed by atoms with van der Waals surface area (Å²) in [4.78, 5) is 19.3. The molecule has 2 aromatic rings. The van der Waals surface area contributed by atoms with E-state index in [-0.39, 0.29) is 0 Å². The van der Waals surface area contributed by atoms with Gasteiger partial charge in [-0.05, 0) is 12.8 Å². The van der Waals surface area contributed by atoms with Gasteiger partial charge in [-0.25, -0.2) is 14.6 Å². The first kappa shape index (κ1) is 12.3. The zero-order chi connectivity index (χ0) is 13.2. The van der Waals surface area contributed by atoms with E-state index in [0.29, 0.717) is 22.5 Å². The maximum Gasteiger partial charge on any atom is 0.158 e. The van der Waals surface area contributed by atoms with Crippen LogP contribution in [0, 0.1) is 0 Å². The van der Waals surface area contributed by atoms with Crippen molar-refractivity contribution in [1.82, 2.24) is 19.7 Å². The Morgan fingerprint density at radius 1 is 1.37 bits per heavy atom. The van der Waals surface area contributed by atoms with E-state index < -0.39 is 0 Å². The fraction of sp³-hybridized carbons (Fsp3) is 0.385. The monoisotopic (exact) mass is 276 g/mol. The summed E-state index contributed by atoms with van der Waals surface area (Å²) >= 11 is 6.25. The van der Waals surface area contributed by atoms with Crippen molar-refractivity contribution in [3.05, 3.63) is 35.0 Å².